The van der Waals surface area contributed by atoms with Gasteiger partial charge in [-0.15, -0.1) is 23.1 Å². The quantitative estimate of drug-likeness (QED) is 0.361. The fourth-order valence-corrected chi connectivity index (χ4v) is 4.92. The van der Waals surface area contributed by atoms with Gasteiger partial charge in [-0.25, -0.2) is 9.78 Å². The highest BCUT2D eigenvalue weighted by Crippen LogP contribution is 2.41. The van der Waals surface area contributed by atoms with Gasteiger partial charge in [0, 0.05) is 26.8 Å². The van der Waals surface area contributed by atoms with E-state index in [0.29, 0.717) is 16.3 Å². The van der Waals surface area contributed by atoms with E-state index in [0.717, 1.165) is 27.5 Å². The van der Waals surface area contributed by atoms with Crippen molar-refractivity contribution in [2.45, 2.75) is 49.6 Å². The van der Waals surface area contributed by atoms with Crippen LogP contribution in [0.2, 0.25) is 0 Å². The predicted octanol–water partition coefficient (Wildman–Crippen LogP) is 7.23. The first kappa shape index (κ1) is 24.1. The number of carboxylic acids is 1. The summed E-state index contributed by atoms with van der Waals surface area (Å²) in [5.41, 5.74) is -0.544. The van der Waals surface area contributed by atoms with Crippen molar-refractivity contribution < 1.29 is 27.8 Å². The van der Waals surface area contributed by atoms with Crippen LogP contribution in [0, 0.1) is 6.92 Å². The van der Waals surface area contributed by atoms with Crippen LogP contribution < -0.4 is 4.74 Å². The van der Waals surface area contributed by atoms with Crippen molar-refractivity contribution in [2.75, 3.05) is 0 Å². The summed E-state index contributed by atoms with van der Waals surface area (Å²) in [6.07, 6.45) is -2.62. The van der Waals surface area contributed by atoms with Gasteiger partial charge < -0.3 is 9.84 Å². The highest BCUT2D eigenvalue weighted by molar-refractivity contribution is 7.99. The number of hydrogen-bond donors (Lipinski definition) is 1. The van der Waals surface area contributed by atoms with Crippen molar-refractivity contribution in [3.05, 3.63) is 64.7 Å². The third-order valence-corrected chi connectivity index (χ3v) is 7.23. The molecule has 170 valence electrons. The SMILES string of the molecule is Cc1cc(SC(C)c2cnc(-c3ccc(C(F)(F)F)cc3)s2)ccc1OC(C)(C)C(=O)O. The first-order valence-corrected chi connectivity index (χ1v) is 11.4. The largest absolute Gasteiger partial charge is 0.478 e. The molecule has 9 heteroatoms. The number of hydrogen-bond acceptors (Lipinski definition) is 5. The van der Waals surface area contributed by atoms with Gasteiger partial charge in [0.05, 0.1) is 5.56 Å². The molecule has 0 fully saturated rings. The molecule has 3 aromatic rings. The maximum Gasteiger partial charge on any atom is 0.416 e. The van der Waals surface area contributed by atoms with Crippen LogP contribution in [0.4, 0.5) is 13.2 Å². The van der Waals surface area contributed by atoms with E-state index < -0.39 is 23.3 Å². The van der Waals surface area contributed by atoms with Crippen molar-refractivity contribution >= 4 is 29.1 Å². The number of aliphatic carboxylic acids is 1. The van der Waals surface area contributed by atoms with Crippen molar-refractivity contribution in [3.63, 3.8) is 0 Å². The van der Waals surface area contributed by atoms with E-state index in [9.17, 15) is 23.1 Å². The van der Waals surface area contributed by atoms with E-state index >= 15 is 0 Å². The van der Waals surface area contributed by atoms with Gasteiger partial charge in [0.2, 0.25) is 0 Å². The summed E-state index contributed by atoms with van der Waals surface area (Å²) < 4.78 is 43.9. The topological polar surface area (TPSA) is 59.4 Å². The maximum atomic E-state index is 12.8. The number of carbonyl (C=O) groups is 1. The zero-order valence-corrected chi connectivity index (χ0v) is 19.5. The lowest BCUT2D eigenvalue weighted by atomic mass is 10.1. The van der Waals surface area contributed by atoms with Gasteiger partial charge in [-0.3, -0.25) is 0 Å². The Balaban J connectivity index is 1.70. The van der Waals surface area contributed by atoms with E-state index in [-0.39, 0.29) is 5.25 Å². The number of thiazole rings is 1. The van der Waals surface area contributed by atoms with Crippen LogP contribution in [0.3, 0.4) is 0 Å². The first-order chi connectivity index (χ1) is 14.9. The Bertz CT molecular complexity index is 1110. The van der Waals surface area contributed by atoms with Crippen molar-refractivity contribution in [2.24, 2.45) is 0 Å². The molecule has 0 aliphatic rings. The molecule has 3 rings (SSSR count). The fraction of sp³-hybridized carbons (Fsp3) is 0.304. The summed E-state index contributed by atoms with van der Waals surface area (Å²) in [6, 6.07) is 10.6. The second kappa shape index (κ2) is 9.15. The highest BCUT2D eigenvalue weighted by Gasteiger charge is 2.31. The summed E-state index contributed by atoms with van der Waals surface area (Å²) in [6.45, 7) is 6.88. The molecule has 0 bridgehead atoms. The van der Waals surface area contributed by atoms with E-state index in [2.05, 4.69) is 4.98 Å². The van der Waals surface area contributed by atoms with Gasteiger partial charge in [-0.2, -0.15) is 13.2 Å². The molecule has 0 saturated carbocycles. The number of nitrogens with zero attached hydrogens (tertiary/aromatic N) is 1. The number of alkyl halides is 3. The van der Waals surface area contributed by atoms with Crippen molar-refractivity contribution in [1.82, 2.24) is 4.98 Å². The van der Waals surface area contributed by atoms with Gasteiger partial charge in [0.25, 0.3) is 0 Å². The molecule has 0 aliphatic carbocycles. The molecule has 0 radical (unpaired) electrons. The molecule has 0 spiro atoms. The standard InChI is InChI=1S/C23H22F3NO3S2/c1-13-11-17(9-10-18(13)30-22(3,4)21(28)29)31-14(2)19-12-27-20(32-19)15-5-7-16(8-6-15)23(24,25)26/h5-12,14H,1-4H3,(H,28,29). The number of carboxylic acid groups (broad SMARTS) is 1. The summed E-state index contributed by atoms with van der Waals surface area (Å²) in [4.78, 5) is 17.6. The molecule has 32 heavy (non-hydrogen) atoms. The Hall–Kier alpha value is -2.52. The zero-order valence-electron chi connectivity index (χ0n) is 17.9. The Labute approximate surface area is 192 Å². The molecule has 0 aliphatic heterocycles. The molecule has 1 unspecified atom stereocenters. The Morgan fingerprint density at radius 3 is 2.38 bits per heavy atom. The van der Waals surface area contributed by atoms with Gasteiger partial charge >= 0.3 is 12.1 Å². The van der Waals surface area contributed by atoms with Gasteiger partial charge in [0.1, 0.15) is 10.8 Å². The molecule has 1 heterocycles. The molecule has 0 amide bonds. The lowest BCUT2D eigenvalue weighted by Gasteiger charge is -2.23. The average molecular weight is 482 g/mol. The predicted molar refractivity (Wildman–Crippen MR) is 120 cm³/mol. The van der Waals surface area contributed by atoms with Crippen molar-refractivity contribution in [3.8, 4) is 16.3 Å². The first-order valence-electron chi connectivity index (χ1n) is 9.70. The number of aryl methyl sites for hydroxylation is 1. The highest BCUT2D eigenvalue weighted by atomic mass is 32.2. The molecular weight excluding hydrogens is 459 g/mol. The molecule has 4 nitrogen and oxygen atoms in total. The molecular formula is C23H22F3NO3S2. The third-order valence-electron chi connectivity index (χ3n) is 4.72. The smallest absolute Gasteiger partial charge is 0.416 e. The minimum absolute atomic E-state index is 0.0670. The Kier molecular flexibility index (Phi) is 6.90. The zero-order chi connectivity index (χ0) is 23.7. The van der Waals surface area contributed by atoms with E-state index in [1.54, 1.807) is 24.0 Å². The number of halogens is 3. The minimum atomic E-state index is -4.36. The summed E-state index contributed by atoms with van der Waals surface area (Å²) >= 11 is 3.05. The van der Waals surface area contributed by atoms with Crippen LogP contribution >= 0.6 is 23.1 Å². The van der Waals surface area contributed by atoms with E-state index in [4.69, 9.17) is 4.74 Å². The number of rotatable bonds is 7. The van der Waals surface area contributed by atoms with Crippen LogP contribution in [-0.4, -0.2) is 21.7 Å². The lowest BCUT2D eigenvalue weighted by molar-refractivity contribution is -0.152. The summed E-state index contributed by atoms with van der Waals surface area (Å²) in [5, 5.41) is 9.97. The van der Waals surface area contributed by atoms with Gasteiger partial charge in [-0.05, 0) is 63.6 Å². The number of benzene rings is 2. The summed E-state index contributed by atoms with van der Waals surface area (Å²) in [7, 11) is 0. The van der Waals surface area contributed by atoms with Crippen LogP contribution in [0.5, 0.6) is 5.75 Å². The summed E-state index contributed by atoms with van der Waals surface area (Å²) in [5.74, 6) is -0.533. The monoisotopic (exact) mass is 481 g/mol. The average Bonchev–Trinajstić information content (AvgIpc) is 3.20. The van der Waals surface area contributed by atoms with E-state index in [1.807, 2.05) is 26.0 Å². The van der Waals surface area contributed by atoms with Crippen LogP contribution in [0.1, 0.15) is 42.0 Å². The van der Waals surface area contributed by atoms with E-state index in [1.165, 1.54) is 37.3 Å². The van der Waals surface area contributed by atoms with Crippen LogP contribution in [0.25, 0.3) is 10.6 Å². The molecule has 0 saturated heterocycles. The normalized spacial score (nSPS) is 13.1. The number of ether oxygens (including phenoxy) is 1. The van der Waals surface area contributed by atoms with Crippen molar-refractivity contribution in [1.29, 1.82) is 0 Å². The van der Waals surface area contributed by atoms with Gasteiger partial charge in [0.15, 0.2) is 5.60 Å². The van der Waals surface area contributed by atoms with Crippen LogP contribution in [-0.2, 0) is 11.0 Å². The number of aromatic nitrogens is 1. The second-order valence-corrected chi connectivity index (χ2v) is 10.2. The maximum absolute atomic E-state index is 12.8. The number of thioether (sulfide) groups is 1. The van der Waals surface area contributed by atoms with Crippen LogP contribution in [0.15, 0.2) is 53.6 Å². The Morgan fingerprint density at radius 1 is 1.16 bits per heavy atom. The Morgan fingerprint density at radius 2 is 1.81 bits per heavy atom. The third kappa shape index (κ3) is 5.63. The van der Waals surface area contributed by atoms with Gasteiger partial charge in [-0.1, -0.05) is 12.1 Å². The molecule has 1 aromatic heterocycles. The second-order valence-electron chi connectivity index (χ2n) is 7.75. The molecule has 1 N–H and O–H groups in total. The minimum Gasteiger partial charge on any atom is -0.478 e. The fourth-order valence-electron chi connectivity index (χ4n) is 2.80. The lowest BCUT2D eigenvalue weighted by Crippen LogP contribution is -2.38. The molecule has 1 atom stereocenters. The molecule has 2 aromatic carbocycles.